The molecule has 9 heteroatoms. The second-order valence-electron chi connectivity index (χ2n) is 10.8. The lowest BCUT2D eigenvalue weighted by Crippen LogP contribution is -2.45. The quantitative estimate of drug-likeness (QED) is 0.221. The Kier molecular flexibility index (Phi) is 8.13. The first-order valence-corrected chi connectivity index (χ1v) is 13.0. The molecule has 0 radical (unpaired) electrons. The molecule has 2 amide bonds. The monoisotopic (exact) mass is 539 g/mol. The molecule has 206 valence electrons. The standard InChI is InChI=1S/C31H33N5O4/c1-20-11-9-10-14-25(20)35-28(19-27(34-35)31(3,4)5)33-30(38)24(17-22-12-7-6-8-13-22)32-29(37)23-16-15-21(2)26(18-23)36(39)40/h6-16,18-19,24H,17H2,1-5H3,(H,32,37)(H,33,38). The fourth-order valence-electron chi connectivity index (χ4n) is 4.28. The van der Waals surface area contributed by atoms with Crippen molar-refractivity contribution in [3.05, 3.63) is 117 Å². The van der Waals surface area contributed by atoms with Crippen molar-refractivity contribution in [3.63, 3.8) is 0 Å². The number of aromatic nitrogens is 2. The van der Waals surface area contributed by atoms with Crippen LogP contribution in [0.25, 0.3) is 5.69 Å². The average molecular weight is 540 g/mol. The van der Waals surface area contributed by atoms with Crippen molar-refractivity contribution in [1.29, 1.82) is 0 Å². The lowest BCUT2D eigenvalue weighted by molar-refractivity contribution is -0.385. The van der Waals surface area contributed by atoms with Crippen LogP contribution in [0.4, 0.5) is 11.5 Å². The molecule has 1 unspecified atom stereocenters. The Bertz CT molecular complexity index is 1550. The van der Waals surface area contributed by atoms with Gasteiger partial charge in [-0.1, -0.05) is 75.4 Å². The zero-order chi connectivity index (χ0) is 29.0. The molecule has 0 spiro atoms. The molecule has 1 aromatic heterocycles. The molecule has 3 aromatic carbocycles. The summed E-state index contributed by atoms with van der Waals surface area (Å²) in [6.45, 7) is 9.71. The van der Waals surface area contributed by atoms with Crippen LogP contribution < -0.4 is 10.6 Å². The van der Waals surface area contributed by atoms with Crippen molar-refractivity contribution in [1.82, 2.24) is 15.1 Å². The van der Waals surface area contributed by atoms with E-state index in [2.05, 4.69) is 10.6 Å². The minimum absolute atomic E-state index is 0.100. The molecule has 4 aromatic rings. The van der Waals surface area contributed by atoms with Crippen molar-refractivity contribution in [3.8, 4) is 5.69 Å². The second-order valence-corrected chi connectivity index (χ2v) is 10.8. The molecule has 4 rings (SSSR count). The average Bonchev–Trinajstić information content (AvgIpc) is 3.33. The van der Waals surface area contributed by atoms with E-state index in [4.69, 9.17) is 5.10 Å². The largest absolute Gasteiger partial charge is 0.340 e. The van der Waals surface area contributed by atoms with Gasteiger partial charge in [0.25, 0.3) is 11.6 Å². The summed E-state index contributed by atoms with van der Waals surface area (Å²) in [6, 6.07) is 22.2. The van der Waals surface area contributed by atoms with Crippen LogP contribution in [0.1, 0.15) is 53.5 Å². The molecule has 40 heavy (non-hydrogen) atoms. The first kappa shape index (κ1) is 28.2. The van der Waals surface area contributed by atoms with Gasteiger partial charge in [0.1, 0.15) is 11.9 Å². The summed E-state index contributed by atoms with van der Waals surface area (Å²) >= 11 is 0. The highest BCUT2D eigenvalue weighted by atomic mass is 16.6. The van der Waals surface area contributed by atoms with Crippen LogP contribution in [0.3, 0.4) is 0 Å². The first-order valence-electron chi connectivity index (χ1n) is 13.0. The Balaban J connectivity index is 1.68. The molecule has 9 nitrogen and oxygen atoms in total. The van der Waals surface area contributed by atoms with E-state index in [1.165, 1.54) is 18.2 Å². The van der Waals surface area contributed by atoms with Crippen LogP contribution in [0.2, 0.25) is 0 Å². The number of carbonyl (C=O) groups excluding carboxylic acids is 2. The molecule has 1 heterocycles. The molecule has 0 aliphatic rings. The number of aryl methyl sites for hydroxylation is 2. The summed E-state index contributed by atoms with van der Waals surface area (Å²) in [5.41, 5.74) is 3.56. The van der Waals surface area contributed by atoms with Crippen molar-refractivity contribution < 1.29 is 14.5 Å². The third-order valence-corrected chi connectivity index (χ3v) is 6.65. The Morgan fingerprint density at radius 2 is 1.62 bits per heavy atom. The third-order valence-electron chi connectivity index (χ3n) is 6.65. The lowest BCUT2D eigenvalue weighted by atomic mass is 9.92. The third kappa shape index (κ3) is 6.43. The maximum absolute atomic E-state index is 13.8. The molecule has 0 saturated carbocycles. The minimum Gasteiger partial charge on any atom is -0.340 e. The first-order chi connectivity index (χ1) is 18.9. The molecule has 1 atom stereocenters. The van der Waals surface area contributed by atoms with Gasteiger partial charge in [-0.3, -0.25) is 19.7 Å². The second kappa shape index (κ2) is 11.5. The summed E-state index contributed by atoms with van der Waals surface area (Å²) in [4.78, 5) is 37.9. The molecular formula is C31H33N5O4. The van der Waals surface area contributed by atoms with E-state index in [-0.39, 0.29) is 23.1 Å². The number of carbonyl (C=O) groups is 2. The van der Waals surface area contributed by atoms with Gasteiger partial charge in [-0.05, 0) is 37.1 Å². The van der Waals surface area contributed by atoms with Gasteiger partial charge in [0.05, 0.1) is 16.3 Å². The van der Waals surface area contributed by atoms with Crippen molar-refractivity contribution in [2.24, 2.45) is 0 Å². The van der Waals surface area contributed by atoms with E-state index in [0.29, 0.717) is 11.4 Å². The van der Waals surface area contributed by atoms with Gasteiger partial charge in [0.2, 0.25) is 5.91 Å². The number of nitro groups is 1. The number of hydrogen-bond donors (Lipinski definition) is 2. The molecular weight excluding hydrogens is 506 g/mol. The molecule has 0 aliphatic heterocycles. The summed E-state index contributed by atoms with van der Waals surface area (Å²) in [5.74, 6) is -0.543. The van der Waals surface area contributed by atoms with Gasteiger partial charge in [-0.2, -0.15) is 5.10 Å². The van der Waals surface area contributed by atoms with Crippen LogP contribution in [-0.2, 0) is 16.6 Å². The van der Waals surface area contributed by atoms with Gasteiger partial charge in [0, 0.05) is 35.1 Å². The molecule has 0 bridgehead atoms. The number of anilines is 1. The van der Waals surface area contributed by atoms with Gasteiger partial charge in [0.15, 0.2) is 0 Å². The van der Waals surface area contributed by atoms with E-state index in [1.54, 1.807) is 11.6 Å². The van der Waals surface area contributed by atoms with Crippen LogP contribution in [0.15, 0.2) is 78.9 Å². The van der Waals surface area contributed by atoms with Gasteiger partial charge in [-0.15, -0.1) is 0 Å². The van der Waals surface area contributed by atoms with Gasteiger partial charge < -0.3 is 10.6 Å². The molecule has 0 aliphatic carbocycles. The smallest absolute Gasteiger partial charge is 0.273 e. The Morgan fingerprint density at radius 3 is 2.27 bits per heavy atom. The summed E-state index contributed by atoms with van der Waals surface area (Å²) in [7, 11) is 0. The zero-order valence-electron chi connectivity index (χ0n) is 23.3. The number of nitro benzene ring substituents is 1. The lowest BCUT2D eigenvalue weighted by Gasteiger charge is -2.19. The Labute approximate surface area is 233 Å². The molecule has 2 N–H and O–H groups in total. The van der Waals surface area contributed by atoms with Gasteiger partial charge in [-0.25, -0.2) is 4.68 Å². The number of benzene rings is 3. The van der Waals surface area contributed by atoms with Crippen LogP contribution in [0, 0.1) is 24.0 Å². The highest BCUT2D eigenvalue weighted by molar-refractivity contribution is 6.01. The molecule has 0 saturated heterocycles. The number of rotatable bonds is 8. The number of hydrogen-bond acceptors (Lipinski definition) is 5. The van der Waals surface area contributed by atoms with Crippen molar-refractivity contribution in [2.45, 2.75) is 52.5 Å². The predicted molar refractivity (Wildman–Crippen MR) is 155 cm³/mol. The van der Waals surface area contributed by atoms with Crippen LogP contribution in [0.5, 0.6) is 0 Å². The number of amides is 2. The highest BCUT2D eigenvalue weighted by Gasteiger charge is 2.27. The Hall–Kier alpha value is -4.79. The highest BCUT2D eigenvalue weighted by Crippen LogP contribution is 2.28. The summed E-state index contributed by atoms with van der Waals surface area (Å²) in [6.07, 6.45) is 0.219. The zero-order valence-corrected chi connectivity index (χ0v) is 23.3. The normalized spacial score (nSPS) is 12.0. The van der Waals surface area contributed by atoms with Crippen LogP contribution >= 0.6 is 0 Å². The number of nitrogens with zero attached hydrogens (tertiary/aromatic N) is 3. The fraction of sp³-hybridized carbons (Fsp3) is 0.258. The fourth-order valence-corrected chi connectivity index (χ4v) is 4.28. The minimum atomic E-state index is -0.964. The maximum Gasteiger partial charge on any atom is 0.273 e. The topological polar surface area (TPSA) is 119 Å². The van der Waals surface area contributed by atoms with Crippen molar-refractivity contribution in [2.75, 3.05) is 5.32 Å². The van der Waals surface area contributed by atoms with E-state index >= 15 is 0 Å². The van der Waals surface area contributed by atoms with E-state index in [0.717, 1.165) is 22.5 Å². The van der Waals surface area contributed by atoms with Crippen LogP contribution in [-0.4, -0.2) is 32.6 Å². The Morgan fingerprint density at radius 1 is 0.950 bits per heavy atom. The van der Waals surface area contributed by atoms with E-state index < -0.39 is 22.8 Å². The summed E-state index contributed by atoms with van der Waals surface area (Å²) < 4.78 is 1.71. The SMILES string of the molecule is Cc1ccccc1-n1nc(C(C)(C)C)cc1NC(=O)C(Cc1ccccc1)NC(=O)c1ccc(C)c([N+](=O)[O-])c1. The number of para-hydroxylation sites is 1. The maximum atomic E-state index is 13.8. The predicted octanol–water partition coefficient (Wildman–Crippen LogP) is 5.67. The van der Waals surface area contributed by atoms with Crippen molar-refractivity contribution >= 4 is 23.3 Å². The molecule has 0 fully saturated rings. The van der Waals surface area contributed by atoms with E-state index in [9.17, 15) is 19.7 Å². The van der Waals surface area contributed by atoms with Gasteiger partial charge >= 0.3 is 0 Å². The number of nitrogens with one attached hydrogen (secondary N) is 2. The van der Waals surface area contributed by atoms with E-state index in [1.807, 2.05) is 88.4 Å². The summed E-state index contributed by atoms with van der Waals surface area (Å²) in [5, 5.41) is 22.0.